The number of carbonyl (C=O) groups is 2. The maximum absolute atomic E-state index is 14.8. The Balaban J connectivity index is 1.73. The average Bonchev–Trinajstić information content (AvgIpc) is 3.21. The molecule has 2 fully saturated rings. The van der Waals surface area contributed by atoms with Gasteiger partial charge in [0.15, 0.2) is 23.3 Å². The van der Waals surface area contributed by atoms with E-state index in [1.54, 1.807) is 20.8 Å². The van der Waals surface area contributed by atoms with E-state index < -0.39 is 40.9 Å². The molecule has 7 atom stereocenters. The number of halogens is 1. The van der Waals surface area contributed by atoms with Gasteiger partial charge in [0.25, 0.3) is 0 Å². The first kappa shape index (κ1) is 27.4. The summed E-state index contributed by atoms with van der Waals surface area (Å²) in [6.07, 6.45) is 2.66. The minimum absolute atomic E-state index is 0.0407. The van der Waals surface area contributed by atoms with Crippen molar-refractivity contribution in [1.29, 1.82) is 0 Å². The molecule has 3 aliphatic carbocycles. The molecular formula is C28H36INO6S. The molecule has 0 aromatic carbocycles. The molecule has 37 heavy (non-hydrogen) atoms. The third kappa shape index (κ3) is 3.70. The van der Waals surface area contributed by atoms with Crippen molar-refractivity contribution in [2.24, 2.45) is 28.6 Å². The van der Waals surface area contributed by atoms with Crippen LogP contribution in [0.5, 0.6) is 0 Å². The number of esters is 1. The summed E-state index contributed by atoms with van der Waals surface area (Å²) in [7, 11) is 0. The van der Waals surface area contributed by atoms with Gasteiger partial charge in [0.05, 0.1) is 17.7 Å². The standard InChI is InChI=1S/C28H36INO6S/c1-13-11-27-15(3)9-14(2)25(5,6)18(20(27)31)10-17-12-34-26(7,8)36-22(17)28(27,33)21(13)35-24(32)19-16(4)30-37-23(19)29/h10-11,14-15,18,21-22,33H,9,12H2,1-8H3/t14-,15?,18+,21-,22+,27?,28+/m0/s1. The van der Waals surface area contributed by atoms with Gasteiger partial charge in [-0.05, 0) is 96.6 Å². The quantitative estimate of drug-likeness (QED) is 0.268. The fourth-order valence-electron chi connectivity index (χ4n) is 7.10. The first-order chi connectivity index (χ1) is 17.1. The number of fused-ring (bicyclic) bond motifs is 3. The molecule has 0 amide bonds. The van der Waals surface area contributed by atoms with Crippen molar-refractivity contribution in [2.75, 3.05) is 6.61 Å². The van der Waals surface area contributed by atoms with Crippen LogP contribution >= 0.6 is 34.1 Å². The highest BCUT2D eigenvalue weighted by Gasteiger charge is 2.74. The highest BCUT2D eigenvalue weighted by atomic mass is 127. The molecule has 1 aromatic heterocycles. The van der Waals surface area contributed by atoms with E-state index in [1.165, 1.54) is 11.5 Å². The van der Waals surface area contributed by atoms with Crippen molar-refractivity contribution in [1.82, 2.24) is 4.37 Å². The van der Waals surface area contributed by atoms with Gasteiger partial charge in [-0.3, -0.25) is 4.79 Å². The van der Waals surface area contributed by atoms with Crippen LogP contribution in [0.1, 0.15) is 70.9 Å². The van der Waals surface area contributed by atoms with Crippen LogP contribution in [0.2, 0.25) is 0 Å². The highest BCUT2D eigenvalue weighted by Crippen LogP contribution is 2.64. The first-order valence-electron chi connectivity index (χ1n) is 12.9. The Kier molecular flexibility index (Phi) is 6.43. The minimum atomic E-state index is -1.84. The zero-order valence-corrected chi connectivity index (χ0v) is 25.7. The van der Waals surface area contributed by atoms with Gasteiger partial charge >= 0.3 is 5.97 Å². The molecule has 5 rings (SSSR count). The van der Waals surface area contributed by atoms with Gasteiger partial charge in [-0.15, -0.1) is 0 Å². The molecule has 2 heterocycles. The molecule has 1 N–H and O–H groups in total. The van der Waals surface area contributed by atoms with E-state index >= 15 is 0 Å². The molecule has 1 aromatic rings. The van der Waals surface area contributed by atoms with Crippen molar-refractivity contribution in [3.63, 3.8) is 0 Å². The van der Waals surface area contributed by atoms with Crippen molar-refractivity contribution < 1.29 is 28.9 Å². The monoisotopic (exact) mass is 641 g/mol. The SMILES string of the molecule is CC1=CC23C(=O)[C@@H](C=C4COC(C)(C)O[C@H]4[C@]2(O)[C@H]1OC(=O)c1c(C)nsc1I)C(C)(C)[C@@H](C)CC3C. The van der Waals surface area contributed by atoms with Crippen molar-refractivity contribution in [3.8, 4) is 0 Å². The largest absolute Gasteiger partial charge is 0.451 e. The Hall–Kier alpha value is -1.14. The van der Waals surface area contributed by atoms with E-state index in [0.29, 0.717) is 16.8 Å². The molecule has 1 spiro atoms. The van der Waals surface area contributed by atoms with Crippen LogP contribution < -0.4 is 0 Å². The Morgan fingerprint density at radius 2 is 1.89 bits per heavy atom. The Labute approximate surface area is 236 Å². The van der Waals surface area contributed by atoms with Gasteiger partial charge in [0.2, 0.25) is 0 Å². The zero-order valence-electron chi connectivity index (χ0n) is 22.7. The summed E-state index contributed by atoms with van der Waals surface area (Å²) in [6.45, 7) is 15.9. The van der Waals surface area contributed by atoms with E-state index in [0.717, 1.165) is 14.9 Å². The van der Waals surface area contributed by atoms with Crippen LogP contribution in [0, 0.1) is 38.4 Å². The fourth-order valence-corrected chi connectivity index (χ4v) is 8.63. The van der Waals surface area contributed by atoms with Gasteiger partial charge in [0, 0.05) is 5.92 Å². The number of Topliss-reactive ketones (excluding diaryl/α,β-unsaturated/α-hetero) is 1. The number of aryl methyl sites for hydroxylation is 1. The number of rotatable bonds is 2. The second-order valence-electron chi connectivity index (χ2n) is 12.4. The van der Waals surface area contributed by atoms with Crippen LogP contribution in [-0.4, -0.2) is 51.4 Å². The normalized spacial score (nSPS) is 40.1. The maximum Gasteiger partial charge on any atom is 0.342 e. The number of hydrogen-bond donors (Lipinski definition) is 1. The maximum atomic E-state index is 14.8. The molecule has 0 radical (unpaired) electrons. The predicted octanol–water partition coefficient (Wildman–Crippen LogP) is 5.24. The Bertz CT molecular complexity index is 1210. The summed E-state index contributed by atoms with van der Waals surface area (Å²) in [6, 6.07) is 0. The average molecular weight is 642 g/mol. The summed E-state index contributed by atoms with van der Waals surface area (Å²) in [4.78, 5) is 28.3. The molecule has 9 heteroatoms. The lowest BCUT2D eigenvalue weighted by Crippen LogP contribution is -2.68. The molecule has 2 bridgehead atoms. The van der Waals surface area contributed by atoms with E-state index in [4.69, 9.17) is 14.2 Å². The molecular weight excluding hydrogens is 605 g/mol. The lowest BCUT2D eigenvalue weighted by Gasteiger charge is -2.52. The molecule has 7 nitrogen and oxygen atoms in total. The third-order valence-electron chi connectivity index (χ3n) is 9.53. The minimum Gasteiger partial charge on any atom is -0.451 e. The fraction of sp³-hybridized carbons (Fsp3) is 0.679. The summed E-state index contributed by atoms with van der Waals surface area (Å²) in [5.74, 6) is -2.03. The van der Waals surface area contributed by atoms with Crippen LogP contribution in [-0.2, 0) is 19.0 Å². The molecule has 1 saturated heterocycles. The van der Waals surface area contributed by atoms with Crippen molar-refractivity contribution in [3.05, 3.63) is 37.4 Å². The predicted molar refractivity (Wildman–Crippen MR) is 148 cm³/mol. The summed E-state index contributed by atoms with van der Waals surface area (Å²) in [5, 5.41) is 13.1. The summed E-state index contributed by atoms with van der Waals surface area (Å²) >= 11 is 3.31. The molecule has 1 saturated carbocycles. The van der Waals surface area contributed by atoms with E-state index in [1.807, 2.05) is 26.0 Å². The first-order valence-corrected chi connectivity index (χ1v) is 14.7. The van der Waals surface area contributed by atoms with Crippen molar-refractivity contribution in [2.45, 2.75) is 85.4 Å². The number of aliphatic hydroxyl groups is 1. The lowest BCUT2D eigenvalue weighted by molar-refractivity contribution is -0.302. The van der Waals surface area contributed by atoms with Crippen LogP contribution in [0.25, 0.3) is 0 Å². The van der Waals surface area contributed by atoms with Gasteiger partial charge in [-0.2, -0.15) is 4.37 Å². The number of ketones is 1. The number of ether oxygens (including phenoxy) is 3. The van der Waals surface area contributed by atoms with E-state index in [9.17, 15) is 14.7 Å². The summed E-state index contributed by atoms with van der Waals surface area (Å²) < 4.78 is 23.7. The Morgan fingerprint density at radius 3 is 2.51 bits per heavy atom. The van der Waals surface area contributed by atoms with Crippen molar-refractivity contribution >= 4 is 45.9 Å². The van der Waals surface area contributed by atoms with Crippen LogP contribution in [0.4, 0.5) is 0 Å². The molecule has 202 valence electrons. The Morgan fingerprint density at radius 1 is 1.22 bits per heavy atom. The van der Waals surface area contributed by atoms with E-state index in [2.05, 4.69) is 47.7 Å². The molecule has 1 aliphatic heterocycles. The highest BCUT2D eigenvalue weighted by molar-refractivity contribution is 14.1. The number of hydrogen-bond acceptors (Lipinski definition) is 8. The number of carbonyl (C=O) groups excluding carboxylic acids is 2. The lowest BCUT2D eigenvalue weighted by atomic mass is 9.59. The number of nitrogens with zero attached hydrogens (tertiary/aromatic N) is 1. The van der Waals surface area contributed by atoms with Gasteiger partial charge in [0.1, 0.15) is 14.6 Å². The topological polar surface area (TPSA) is 95.0 Å². The summed E-state index contributed by atoms with van der Waals surface area (Å²) in [5.41, 5.74) is -1.12. The second kappa shape index (κ2) is 8.68. The number of aromatic nitrogens is 1. The number of allylic oxidation sites excluding steroid dienone is 1. The van der Waals surface area contributed by atoms with Gasteiger partial charge < -0.3 is 19.3 Å². The smallest absolute Gasteiger partial charge is 0.342 e. The second-order valence-corrected chi connectivity index (χ2v) is 15.0. The molecule has 2 unspecified atom stereocenters. The van der Waals surface area contributed by atoms with Gasteiger partial charge in [-0.1, -0.05) is 39.8 Å². The van der Waals surface area contributed by atoms with Crippen LogP contribution in [0.15, 0.2) is 23.3 Å². The van der Waals surface area contributed by atoms with E-state index in [-0.39, 0.29) is 29.6 Å². The molecule has 4 aliphatic rings. The van der Waals surface area contributed by atoms with Crippen LogP contribution in [0.3, 0.4) is 0 Å². The third-order valence-corrected chi connectivity index (χ3v) is 11.4. The zero-order chi connectivity index (χ0) is 27.3. The van der Waals surface area contributed by atoms with Gasteiger partial charge in [-0.25, -0.2) is 4.79 Å².